The van der Waals surface area contributed by atoms with Crippen LogP contribution in [0.3, 0.4) is 0 Å². The van der Waals surface area contributed by atoms with Crippen molar-refractivity contribution in [2.24, 2.45) is 28.6 Å². The van der Waals surface area contributed by atoms with Crippen molar-refractivity contribution in [1.29, 1.82) is 0 Å². The van der Waals surface area contributed by atoms with Crippen molar-refractivity contribution in [2.75, 3.05) is 0 Å². The summed E-state index contributed by atoms with van der Waals surface area (Å²) in [5, 5.41) is 0. The van der Waals surface area contributed by atoms with Crippen LogP contribution in [0.15, 0.2) is 11.6 Å². The third-order valence-electron chi connectivity index (χ3n) is 8.23. The molecule has 0 spiro atoms. The van der Waals surface area contributed by atoms with Crippen LogP contribution in [0.5, 0.6) is 0 Å². The predicted octanol–water partition coefficient (Wildman–Crippen LogP) is 5.31. The van der Waals surface area contributed by atoms with Gasteiger partial charge >= 0.3 is 0 Å². The number of Topliss-reactive ketones (excluding diaryl/α,β-unsaturated/α-hetero) is 1. The SMILES string of the molecule is CC(C)O[C@H]1CC[C@@]2(C)C(=CC[C@@H]3[C@@H]2CC[C@]2(C)C(=O)CC[C@@H]32)C1. The first kappa shape index (κ1) is 16.8. The molecular formula is C22H34O2. The maximum Gasteiger partial charge on any atom is 0.139 e. The summed E-state index contributed by atoms with van der Waals surface area (Å²) in [6, 6.07) is 0. The second-order valence-corrected chi connectivity index (χ2v) is 9.73. The van der Waals surface area contributed by atoms with Gasteiger partial charge in [0.15, 0.2) is 0 Å². The topological polar surface area (TPSA) is 26.3 Å². The van der Waals surface area contributed by atoms with Gasteiger partial charge in [-0.2, -0.15) is 0 Å². The summed E-state index contributed by atoms with van der Waals surface area (Å²) in [6.45, 7) is 9.11. The molecule has 0 unspecified atom stereocenters. The third kappa shape index (κ3) is 2.35. The van der Waals surface area contributed by atoms with Gasteiger partial charge in [0.05, 0.1) is 12.2 Å². The molecule has 3 fully saturated rings. The van der Waals surface area contributed by atoms with Gasteiger partial charge in [-0.05, 0) is 82.0 Å². The molecule has 0 heterocycles. The van der Waals surface area contributed by atoms with Crippen LogP contribution >= 0.6 is 0 Å². The standard InChI is InChI=1S/C22H34O2/c1-14(2)24-16-9-11-21(3)15(13-16)5-6-17-18-7-8-20(23)22(18,4)12-10-19(17)21/h5,14,16-19H,6-13H2,1-4H3/t16-,17-,18-,19-,21-,22-/m0/s1. The molecule has 0 aromatic rings. The molecule has 0 aliphatic heterocycles. The van der Waals surface area contributed by atoms with E-state index >= 15 is 0 Å². The Bertz CT molecular complexity index is 562. The summed E-state index contributed by atoms with van der Waals surface area (Å²) >= 11 is 0. The minimum absolute atomic E-state index is 0.000819. The number of hydrogen-bond donors (Lipinski definition) is 0. The molecule has 3 saturated carbocycles. The second-order valence-electron chi connectivity index (χ2n) is 9.73. The predicted molar refractivity (Wildman–Crippen MR) is 96.7 cm³/mol. The van der Waals surface area contributed by atoms with E-state index in [4.69, 9.17) is 4.74 Å². The molecule has 134 valence electrons. The highest BCUT2D eigenvalue weighted by Gasteiger charge is 2.58. The molecule has 0 N–H and O–H groups in total. The zero-order valence-electron chi connectivity index (χ0n) is 15.9. The number of carbonyl (C=O) groups excluding carboxylic acids is 1. The van der Waals surface area contributed by atoms with Gasteiger partial charge in [0.2, 0.25) is 0 Å². The Balaban J connectivity index is 1.59. The van der Waals surface area contributed by atoms with Crippen molar-refractivity contribution in [2.45, 2.75) is 91.3 Å². The highest BCUT2D eigenvalue weighted by Crippen LogP contribution is 2.64. The highest BCUT2D eigenvalue weighted by molar-refractivity contribution is 5.87. The van der Waals surface area contributed by atoms with Gasteiger partial charge in [-0.3, -0.25) is 4.79 Å². The molecule has 4 aliphatic carbocycles. The molecule has 0 amide bonds. The normalized spacial score (nSPS) is 47.9. The Labute approximate surface area is 147 Å². The van der Waals surface area contributed by atoms with Crippen LogP contribution in [-0.2, 0) is 9.53 Å². The van der Waals surface area contributed by atoms with Crippen molar-refractivity contribution >= 4 is 5.78 Å². The van der Waals surface area contributed by atoms with E-state index in [1.54, 1.807) is 5.57 Å². The van der Waals surface area contributed by atoms with E-state index in [1.165, 1.54) is 25.7 Å². The second kappa shape index (κ2) is 5.69. The van der Waals surface area contributed by atoms with Gasteiger partial charge in [-0.15, -0.1) is 0 Å². The van der Waals surface area contributed by atoms with Crippen LogP contribution in [0.1, 0.15) is 79.1 Å². The third-order valence-corrected chi connectivity index (χ3v) is 8.23. The molecule has 0 saturated heterocycles. The van der Waals surface area contributed by atoms with E-state index in [0.717, 1.165) is 37.5 Å². The van der Waals surface area contributed by atoms with Crippen LogP contribution in [0.25, 0.3) is 0 Å². The average molecular weight is 331 g/mol. The molecule has 6 atom stereocenters. The lowest BCUT2D eigenvalue weighted by Crippen LogP contribution is -2.50. The van der Waals surface area contributed by atoms with Crippen molar-refractivity contribution < 1.29 is 9.53 Å². The number of ketones is 1. The van der Waals surface area contributed by atoms with Crippen LogP contribution in [-0.4, -0.2) is 18.0 Å². The van der Waals surface area contributed by atoms with Gasteiger partial charge in [0, 0.05) is 11.8 Å². The van der Waals surface area contributed by atoms with Gasteiger partial charge in [-0.25, -0.2) is 0 Å². The van der Waals surface area contributed by atoms with Crippen molar-refractivity contribution in [3.63, 3.8) is 0 Å². The van der Waals surface area contributed by atoms with Crippen molar-refractivity contribution in [1.82, 2.24) is 0 Å². The van der Waals surface area contributed by atoms with E-state index in [9.17, 15) is 4.79 Å². The van der Waals surface area contributed by atoms with E-state index in [2.05, 4.69) is 33.8 Å². The number of allylic oxidation sites excluding steroid dienone is 1. The Morgan fingerprint density at radius 1 is 1.08 bits per heavy atom. The molecule has 2 nitrogen and oxygen atoms in total. The summed E-state index contributed by atoms with van der Waals surface area (Å²) in [6.07, 6.45) is 12.5. The largest absolute Gasteiger partial charge is 0.375 e. The number of fused-ring (bicyclic) bond motifs is 5. The van der Waals surface area contributed by atoms with E-state index in [0.29, 0.717) is 29.3 Å². The quantitative estimate of drug-likeness (QED) is 0.641. The summed E-state index contributed by atoms with van der Waals surface area (Å²) in [5.41, 5.74) is 2.04. The number of carbonyl (C=O) groups is 1. The summed E-state index contributed by atoms with van der Waals surface area (Å²) in [7, 11) is 0. The summed E-state index contributed by atoms with van der Waals surface area (Å²) < 4.78 is 6.14. The summed E-state index contributed by atoms with van der Waals surface area (Å²) in [5.74, 6) is 2.73. The molecule has 24 heavy (non-hydrogen) atoms. The van der Waals surface area contributed by atoms with Crippen LogP contribution in [0, 0.1) is 28.6 Å². The van der Waals surface area contributed by atoms with E-state index < -0.39 is 0 Å². The zero-order valence-corrected chi connectivity index (χ0v) is 15.9. The van der Waals surface area contributed by atoms with Gasteiger partial charge in [0.1, 0.15) is 5.78 Å². The van der Waals surface area contributed by atoms with Crippen LogP contribution < -0.4 is 0 Å². The monoisotopic (exact) mass is 330 g/mol. The Morgan fingerprint density at radius 2 is 1.79 bits per heavy atom. The summed E-state index contributed by atoms with van der Waals surface area (Å²) in [4.78, 5) is 12.5. The first-order valence-electron chi connectivity index (χ1n) is 10.2. The van der Waals surface area contributed by atoms with Gasteiger partial charge in [0.25, 0.3) is 0 Å². The lowest BCUT2D eigenvalue weighted by Gasteiger charge is -2.57. The fourth-order valence-corrected chi connectivity index (χ4v) is 6.90. The molecule has 2 heteroatoms. The fourth-order valence-electron chi connectivity index (χ4n) is 6.90. The zero-order chi connectivity index (χ0) is 17.1. The molecular weight excluding hydrogens is 296 g/mol. The van der Waals surface area contributed by atoms with E-state index in [1.807, 2.05) is 0 Å². The minimum atomic E-state index is 0.000819. The molecule has 0 bridgehead atoms. The molecule has 0 aromatic carbocycles. The van der Waals surface area contributed by atoms with Gasteiger partial charge < -0.3 is 4.74 Å². The van der Waals surface area contributed by atoms with Crippen molar-refractivity contribution in [3.05, 3.63) is 11.6 Å². The molecule has 4 aliphatic rings. The lowest BCUT2D eigenvalue weighted by molar-refractivity contribution is -0.132. The molecule has 0 aromatic heterocycles. The minimum Gasteiger partial charge on any atom is -0.375 e. The highest BCUT2D eigenvalue weighted by atomic mass is 16.5. The van der Waals surface area contributed by atoms with Crippen LogP contribution in [0.4, 0.5) is 0 Å². The molecule has 0 radical (unpaired) electrons. The Kier molecular flexibility index (Phi) is 3.99. The van der Waals surface area contributed by atoms with Crippen LogP contribution in [0.2, 0.25) is 0 Å². The van der Waals surface area contributed by atoms with Gasteiger partial charge in [-0.1, -0.05) is 25.5 Å². The van der Waals surface area contributed by atoms with E-state index in [-0.39, 0.29) is 5.41 Å². The number of ether oxygens (including phenoxy) is 1. The lowest BCUT2D eigenvalue weighted by atomic mass is 9.48. The molecule has 4 rings (SSSR count). The Morgan fingerprint density at radius 3 is 2.54 bits per heavy atom. The first-order chi connectivity index (χ1) is 11.3. The smallest absolute Gasteiger partial charge is 0.139 e. The van der Waals surface area contributed by atoms with Crippen molar-refractivity contribution in [3.8, 4) is 0 Å². The number of rotatable bonds is 2. The Hall–Kier alpha value is -0.630. The number of hydrogen-bond acceptors (Lipinski definition) is 2. The average Bonchev–Trinajstić information content (AvgIpc) is 2.83. The maximum atomic E-state index is 12.5. The first-order valence-corrected chi connectivity index (χ1v) is 10.2. The maximum absolute atomic E-state index is 12.5. The fraction of sp³-hybridized carbons (Fsp3) is 0.864.